The summed E-state index contributed by atoms with van der Waals surface area (Å²) in [6.07, 6.45) is 1.20. The zero-order chi connectivity index (χ0) is 19.7. The third-order valence-corrected chi connectivity index (χ3v) is 6.24. The van der Waals surface area contributed by atoms with Crippen LogP contribution in [-0.4, -0.2) is 44.3 Å². The number of carbonyl (C=O) groups excluding carboxylic acids is 1. The van der Waals surface area contributed by atoms with Gasteiger partial charge in [-0.3, -0.25) is 4.79 Å². The van der Waals surface area contributed by atoms with Crippen LogP contribution in [0.4, 0.5) is 0 Å². The molecule has 0 aliphatic heterocycles. The monoisotopic (exact) mass is 387 g/mol. The number of rotatable bonds is 5. The summed E-state index contributed by atoms with van der Waals surface area (Å²) in [5.74, 6) is 0.0350. The molecule has 0 saturated heterocycles. The van der Waals surface area contributed by atoms with Crippen LogP contribution in [0.2, 0.25) is 0 Å². The van der Waals surface area contributed by atoms with Gasteiger partial charge in [0, 0.05) is 24.6 Å². The topological polar surface area (TPSA) is 111 Å². The van der Waals surface area contributed by atoms with E-state index in [9.17, 15) is 13.2 Å². The molecule has 26 heavy (non-hydrogen) atoms. The molecule has 0 radical (unpaired) electrons. The molecular weight excluding hydrogens is 358 g/mol. The molecule has 9 heteroatoms. The molecule has 1 aromatic heterocycles. The lowest BCUT2D eigenvalue weighted by Crippen LogP contribution is -2.51. The van der Waals surface area contributed by atoms with Crippen molar-refractivity contribution in [3.05, 3.63) is 11.5 Å². The van der Waals surface area contributed by atoms with Crippen LogP contribution in [0.15, 0.2) is 9.42 Å². The first-order chi connectivity index (χ1) is 11.9. The van der Waals surface area contributed by atoms with Gasteiger partial charge in [-0.1, -0.05) is 5.16 Å². The van der Waals surface area contributed by atoms with E-state index >= 15 is 0 Å². The molecule has 8 nitrogen and oxygen atoms in total. The van der Waals surface area contributed by atoms with Crippen LogP contribution in [-0.2, 0) is 19.6 Å². The maximum Gasteiger partial charge on any atom is 0.246 e. The van der Waals surface area contributed by atoms with Crippen molar-refractivity contribution in [3.63, 3.8) is 0 Å². The molecule has 0 unspecified atom stereocenters. The zero-order valence-electron chi connectivity index (χ0n) is 16.3. The van der Waals surface area contributed by atoms with E-state index in [1.165, 1.54) is 7.11 Å². The Bertz CT molecular complexity index is 731. The molecule has 0 aromatic carbocycles. The Balaban J connectivity index is 2.09. The number of ether oxygens (including phenoxy) is 1. The van der Waals surface area contributed by atoms with Gasteiger partial charge in [0.2, 0.25) is 15.9 Å². The maximum atomic E-state index is 12.7. The van der Waals surface area contributed by atoms with Crippen molar-refractivity contribution < 1.29 is 22.5 Å². The second-order valence-corrected chi connectivity index (χ2v) is 9.56. The molecule has 1 saturated carbocycles. The molecule has 2 rings (SSSR count). The third kappa shape index (κ3) is 4.83. The first kappa shape index (κ1) is 20.9. The van der Waals surface area contributed by atoms with Crippen LogP contribution in [0, 0.1) is 19.8 Å². The number of amides is 1. The molecule has 0 bridgehead atoms. The van der Waals surface area contributed by atoms with E-state index in [0.29, 0.717) is 25.0 Å². The largest absolute Gasteiger partial charge is 0.380 e. The molecule has 2 N–H and O–H groups in total. The molecule has 3 atom stereocenters. The number of nitrogens with zero attached hydrogens (tertiary/aromatic N) is 1. The zero-order valence-corrected chi connectivity index (χ0v) is 17.1. The maximum absolute atomic E-state index is 12.7. The van der Waals surface area contributed by atoms with E-state index in [1.54, 1.807) is 13.8 Å². The molecular formula is C17H29N3O5S. The summed E-state index contributed by atoms with van der Waals surface area (Å²) in [6.45, 7) is 8.95. The van der Waals surface area contributed by atoms with Crippen molar-refractivity contribution in [2.45, 2.75) is 76.5 Å². The summed E-state index contributed by atoms with van der Waals surface area (Å²) < 4.78 is 38.6. The molecule has 1 fully saturated rings. The lowest BCUT2D eigenvalue weighted by atomic mass is 9.83. The van der Waals surface area contributed by atoms with Crippen LogP contribution < -0.4 is 10.0 Å². The second kappa shape index (κ2) is 7.66. The van der Waals surface area contributed by atoms with E-state index in [1.807, 2.05) is 20.8 Å². The SMILES string of the molecule is CO[C@@H]1C[C@@H](C(=O)NC(C)(C)C)CC[C@H]1NS(=O)(=O)c1c(C)noc1C. The number of methoxy groups -OCH3 is 1. The number of hydrogen-bond donors (Lipinski definition) is 2. The van der Waals surface area contributed by atoms with E-state index in [4.69, 9.17) is 9.26 Å². The molecule has 1 aliphatic rings. The Morgan fingerprint density at radius 1 is 1.27 bits per heavy atom. The van der Waals surface area contributed by atoms with Gasteiger partial charge in [-0.15, -0.1) is 0 Å². The minimum atomic E-state index is -3.77. The van der Waals surface area contributed by atoms with Crippen LogP contribution in [0.25, 0.3) is 0 Å². The number of hydrogen-bond acceptors (Lipinski definition) is 6. The summed E-state index contributed by atoms with van der Waals surface area (Å²) >= 11 is 0. The predicted octanol–water partition coefficient (Wildman–Crippen LogP) is 1.67. The summed E-state index contributed by atoms with van der Waals surface area (Å²) in [5, 5.41) is 6.69. The van der Waals surface area contributed by atoms with E-state index in [2.05, 4.69) is 15.2 Å². The van der Waals surface area contributed by atoms with Crippen LogP contribution in [0.5, 0.6) is 0 Å². The Hall–Kier alpha value is -1.45. The van der Waals surface area contributed by atoms with Gasteiger partial charge in [-0.05, 0) is 53.9 Å². The van der Waals surface area contributed by atoms with Crippen molar-refractivity contribution in [1.29, 1.82) is 0 Å². The normalized spacial score (nSPS) is 24.5. The average Bonchev–Trinajstić information content (AvgIpc) is 2.85. The molecule has 1 amide bonds. The second-order valence-electron chi connectivity index (χ2n) is 7.90. The van der Waals surface area contributed by atoms with Crippen molar-refractivity contribution in [1.82, 2.24) is 15.2 Å². The van der Waals surface area contributed by atoms with Gasteiger partial charge in [-0.2, -0.15) is 0 Å². The van der Waals surface area contributed by atoms with Crippen LogP contribution in [0.3, 0.4) is 0 Å². The molecule has 1 aromatic rings. The van der Waals surface area contributed by atoms with E-state index in [0.717, 1.165) is 0 Å². The van der Waals surface area contributed by atoms with Gasteiger partial charge in [-0.25, -0.2) is 13.1 Å². The van der Waals surface area contributed by atoms with Crippen molar-refractivity contribution in [2.75, 3.05) is 7.11 Å². The highest BCUT2D eigenvalue weighted by Crippen LogP contribution is 2.29. The van der Waals surface area contributed by atoms with Crippen LogP contribution >= 0.6 is 0 Å². The number of aryl methyl sites for hydroxylation is 2. The average molecular weight is 388 g/mol. The Labute approximate surface area is 155 Å². The fourth-order valence-electron chi connectivity index (χ4n) is 3.35. The molecule has 1 heterocycles. The summed E-state index contributed by atoms with van der Waals surface area (Å²) in [5.41, 5.74) is 0.0173. The van der Waals surface area contributed by atoms with Crippen LogP contribution in [0.1, 0.15) is 51.5 Å². The van der Waals surface area contributed by atoms with E-state index < -0.39 is 16.1 Å². The number of sulfonamides is 1. The minimum absolute atomic E-state index is 0.0217. The van der Waals surface area contributed by atoms with Gasteiger partial charge in [0.1, 0.15) is 10.6 Å². The van der Waals surface area contributed by atoms with Crippen molar-refractivity contribution >= 4 is 15.9 Å². The highest BCUT2D eigenvalue weighted by Gasteiger charge is 2.38. The number of aromatic nitrogens is 1. The summed E-state index contributed by atoms with van der Waals surface area (Å²) in [6, 6.07) is -0.405. The highest BCUT2D eigenvalue weighted by atomic mass is 32.2. The number of nitrogens with one attached hydrogen (secondary N) is 2. The minimum Gasteiger partial charge on any atom is -0.380 e. The first-order valence-corrected chi connectivity index (χ1v) is 10.2. The predicted molar refractivity (Wildman–Crippen MR) is 96.1 cm³/mol. The Morgan fingerprint density at radius 2 is 1.92 bits per heavy atom. The van der Waals surface area contributed by atoms with Gasteiger partial charge >= 0.3 is 0 Å². The van der Waals surface area contributed by atoms with Gasteiger partial charge in [0.15, 0.2) is 5.76 Å². The lowest BCUT2D eigenvalue weighted by molar-refractivity contribution is -0.129. The van der Waals surface area contributed by atoms with E-state index in [-0.39, 0.29) is 34.1 Å². The van der Waals surface area contributed by atoms with Gasteiger partial charge < -0.3 is 14.6 Å². The lowest BCUT2D eigenvalue weighted by Gasteiger charge is -2.36. The van der Waals surface area contributed by atoms with Gasteiger partial charge in [0.05, 0.1) is 6.10 Å². The Kier molecular flexibility index (Phi) is 6.14. The fourth-order valence-corrected chi connectivity index (χ4v) is 4.98. The quantitative estimate of drug-likeness (QED) is 0.795. The summed E-state index contributed by atoms with van der Waals surface area (Å²) in [7, 11) is -2.24. The van der Waals surface area contributed by atoms with Crippen molar-refractivity contribution in [3.8, 4) is 0 Å². The molecule has 1 aliphatic carbocycles. The Morgan fingerprint density at radius 3 is 2.42 bits per heavy atom. The fraction of sp³-hybridized carbons (Fsp3) is 0.765. The molecule has 0 spiro atoms. The van der Waals surface area contributed by atoms with Crippen molar-refractivity contribution in [2.24, 2.45) is 5.92 Å². The smallest absolute Gasteiger partial charge is 0.246 e. The molecule has 148 valence electrons. The highest BCUT2D eigenvalue weighted by molar-refractivity contribution is 7.89. The number of carbonyl (C=O) groups is 1. The summed E-state index contributed by atoms with van der Waals surface area (Å²) in [4.78, 5) is 12.5. The van der Waals surface area contributed by atoms with Gasteiger partial charge in [0.25, 0.3) is 0 Å². The third-order valence-electron chi connectivity index (χ3n) is 4.51. The first-order valence-electron chi connectivity index (χ1n) is 8.74. The standard InChI is InChI=1S/C17H29N3O5S/c1-10-15(11(2)25-19-10)26(22,23)20-13-8-7-12(9-14(13)24-6)16(21)18-17(3,4)5/h12-14,20H,7-9H2,1-6H3,(H,18,21)/t12-,13+,14+/m0/s1.